The maximum Gasteiger partial charge on any atom is 0.407 e. The molecule has 0 unspecified atom stereocenters. The first kappa shape index (κ1) is 28.5. The number of carboxylic acid groups (broad SMARTS) is 1. The lowest BCUT2D eigenvalue weighted by Crippen LogP contribution is -2.34. The van der Waals surface area contributed by atoms with Crippen molar-refractivity contribution in [3.8, 4) is 0 Å². The number of piperidine rings is 1. The first-order valence-corrected chi connectivity index (χ1v) is 14.8. The Morgan fingerprint density at radius 3 is 2.30 bits per heavy atom. The van der Waals surface area contributed by atoms with E-state index in [1.54, 1.807) is 7.05 Å². The summed E-state index contributed by atoms with van der Waals surface area (Å²) in [4.78, 5) is 14.7. The van der Waals surface area contributed by atoms with Gasteiger partial charge < -0.3 is 14.9 Å². The van der Waals surface area contributed by atoms with Gasteiger partial charge in [0.1, 0.15) is 0 Å². The van der Waals surface area contributed by atoms with Crippen molar-refractivity contribution in [1.29, 1.82) is 0 Å². The quantitative estimate of drug-likeness (QED) is 0.250. The molecule has 0 bridgehead atoms. The third kappa shape index (κ3) is 7.17. The lowest BCUT2D eigenvalue weighted by molar-refractivity contribution is 0.154. The van der Waals surface area contributed by atoms with Crippen molar-refractivity contribution < 1.29 is 9.90 Å². The Morgan fingerprint density at radius 1 is 0.875 bits per heavy atom. The Balaban J connectivity index is 0.000000176. The highest BCUT2D eigenvalue weighted by atomic mass is 35.5. The largest absolute Gasteiger partial charge is 0.465 e. The molecule has 1 aliphatic heterocycles. The van der Waals surface area contributed by atoms with Crippen molar-refractivity contribution in [2.75, 3.05) is 26.7 Å². The predicted octanol–water partition coefficient (Wildman–Crippen LogP) is 8.93. The van der Waals surface area contributed by atoms with Crippen LogP contribution in [0, 0.1) is 5.92 Å². The second kappa shape index (κ2) is 13.1. The van der Waals surface area contributed by atoms with E-state index in [1.807, 2.05) is 48.5 Å². The number of benzene rings is 4. The van der Waals surface area contributed by atoms with E-state index in [0.29, 0.717) is 22.5 Å². The van der Waals surface area contributed by atoms with Crippen LogP contribution >= 0.6 is 23.2 Å². The Hall–Kier alpha value is -3.05. The molecule has 0 spiro atoms. The van der Waals surface area contributed by atoms with Gasteiger partial charge in [-0.05, 0) is 89.7 Å². The Labute approximate surface area is 247 Å². The Kier molecular flexibility index (Phi) is 9.31. The zero-order chi connectivity index (χ0) is 28.1. The second-order valence-corrected chi connectivity index (χ2v) is 11.9. The van der Waals surface area contributed by atoms with Crippen LogP contribution in [-0.4, -0.2) is 47.7 Å². The van der Waals surface area contributed by atoms with E-state index in [1.165, 1.54) is 54.9 Å². The van der Waals surface area contributed by atoms with Crippen LogP contribution in [0.3, 0.4) is 0 Å². The van der Waals surface area contributed by atoms with Gasteiger partial charge in [0, 0.05) is 20.1 Å². The third-order valence-electron chi connectivity index (χ3n) is 8.26. The second-order valence-electron chi connectivity index (χ2n) is 11.0. The number of amides is 1. The van der Waals surface area contributed by atoms with Gasteiger partial charge in [0.2, 0.25) is 0 Å². The van der Waals surface area contributed by atoms with Gasteiger partial charge in [-0.25, -0.2) is 4.79 Å². The number of hydrogen-bond donors (Lipinski definition) is 1. The van der Waals surface area contributed by atoms with E-state index < -0.39 is 6.09 Å². The highest BCUT2D eigenvalue weighted by Crippen LogP contribution is 2.49. The van der Waals surface area contributed by atoms with Gasteiger partial charge in [0.05, 0.1) is 10.0 Å². The summed E-state index contributed by atoms with van der Waals surface area (Å²) in [7, 11) is 1.57. The highest BCUT2D eigenvalue weighted by Gasteiger charge is 2.39. The zero-order valence-corrected chi connectivity index (χ0v) is 24.4. The summed E-state index contributed by atoms with van der Waals surface area (Å²) in [6, 6.07) is 31.0. The van der Waals surface area contributed by atoms with Gasteiger partial charge in [-0.2, -0.15) is 0 Å². The maximum absolute atomic E-state index is 10.8. The summed E-state index contributed by atoms with van der Waals surface area (Å²) in [6.45, 7) is 4.09. The van der Waals surface area contributed by atoms with Crippen molar-refractivity contribution in [1.82, 2.24) is 9.80 Å². The summed E-state index contributed by atoms with van der Waals surface area (Å²) in [5.74, 6) is 2.20. The molecule has 1 saturated carbocycles. The SMILES string of the molecule is CN(Cc1cccc2ccccc12)C(=O)O.Clc1ccc([C@H]2C[C@H]2CN2CCC(c3ccccc3)CC2)cc1Cl. The molecule has 2 fully saturated rings. The molecule has 1 amide bonds. The number of rotatable bonds is 6. The number of carbonyl (C=O) groups is 1. The topological polar surface area (TPSA) is 43.8 Å². The summed E-state index contributed by atoms with van der Waals surface area (Å²) < 4.78 is 0. The van der Waals surface area contributed by atoms with E-state index >= 15 is 0 Å². The highest BCUT2D eigenvalue weighted by molar-refractivity contribution is 6.42. The molecule has 40 heavy (non-hydrogen) atoms. The number of hydrogen-bond acceptors (Lipinski definition) is 2. The fourth-order valence-electron chi connectivity index (χ4n) is 5.86. The fourth-order valence-corrected chi connectivity index (χ4v) is 6.17. The molecule has 1 aliphatic carbocycles. The minimum absolute atomic E-state index is 0.413. The summed E-state index contributed by atoms with van der Waals surface area (Å²) >= 11 is 12.2. The lowest BCUT2D eigenvalue weighted by atomic mass is 9.89. The molecule has 2 aliphatic rings. The molecule has 4 nitrogen and oxygen atoms in total. The normalized spacial score (nSPS) is 19.1. The summed E-state index contributed by atoms with van der Waals surface area (Å²) in [5, 5.41) is 12.4. The van der Waals surface area contributed by atoms with E-state index in [-0.39, 0.29) is 0 Å². The molecular weight excluding hydrogens is 539 g/mol. The van der Waals surface area contributed by atoms with Crippen LogP contribution < -0.4 is 0 Å². The van der Waals surface area contributed by atoms with E-state index in [0.717, 1.165) is 28.2 Å². The molecule has 4 aromatic carbocycles. The van der Waals surface area contributed by atoms with Crippen LogP contribution in [-0.2, 0) is 6.54 Å². The van der Waals surface area contributed by atoms with Crippen molar-refractivity contribution in [2.24, 2.45) is 5.92 Å². The molecule has 0 radical (unpaired) electrons. The number of likely N-dealkylation sites (tertiary alicyclic amines) is 1. The van der Waals surface area contributed by atoms with Crippen molar-refractivity contribution >= 4 is 40.1 Å². The Morgan fingerprint density at radius 2 is 1.57 bits per heavy atom. The van der Waals surface area contributed by atoms with Gasteiger partial charge in [-0.15, -0.1) is 0 Å². The third-order valence-corrected chi connectivity index (χ3v) is 9.00. The van der Waals surface area contributed by atoms with Crippen LogP contribution in [0.2, 0.25) is 10.0 Å². The van der Waals surface area contributed by atoms with Gasteiger partial charge in [0.15, 0.2) is 0 Å². The maximum atomic E-state index is 10.8. The standard InChI is InChI=1S/C21H23Cl2N.C13H13NO2/c22-20-7-6-17(13-21(20)23)19-12-18(19)14-24-10-8-16(9-11-24)15-4-2-1-3-5-15;1-14(13(15)16)9-11-7-4-6-10-5-2-3-8-12(10)11/h1-7,13,16,18-19H,8-12,14H2;2-8H,9H2,1H3,(H,15,16)/t18-,19+;/m0./s1. The lowest BCUT2D eigenvalue weighted by Gasteiger charge is -2.32. The smallest absolute Gasteiger partial charge is 0.407 e. The predicted molar refractivity (Wildman–Crippen MR) is 166 cm³/mol. The van der Waals surface area contributed by atoms with Gasteiger partial charge in [-0.3, -0.25) is 0 Å². The minimum atomic E-state index is -0.909. The molecule has 6 rings (SSSR count). The van der Waals surface area contributed by atoms with Gasteiger partial charge in [0.25, 0.3) is 0 Å². The minimum Gasteiger partial charge on any atom is -0.465 e. The van der Waals surface area contributed by atoms with Crippen LogP contribution in [0.15, 0.2) is 91.0 Å². The van der Waals surface area contributed by atoms with Crippen LogP contribution in [0.5, 0.6) is 0 Å². The van der Waals surface area contributed by atoms with Crippen molar-refractivity contribution in [2.45, 2.75) is 37.6 Å². The number of nitrogens with zero attached hydrogens (tertiary/aromatic N) is 2. The zero-order valence-electron chi connectivity index (χ0n) is 22.8. The first-order chi connectivity index (χ1) is 19.4. The molecule has 4 aromatic rings. The van der Waals surface area contributed by atoms with Crippen molar-refractivity contribution in [3.63, 3.8) is 0 Å². The van der Waals surface area contributed by atoms with E-state index in [2.05, 4.69) is 47.4 Å². The molecule has 1 saturated heterocycles. The average Bonchev–Trinajstić information content (AvgIpc) is 3.75. The fraction of sp³-hybridized carbons (Fsp3) is 0.324. The summed E-state index contributed by atoms with van der Waals surface area (Å²) in [5.41, 5.74) is 3.90. The molecule has 0 aromatic heterocycles. The van der Waals surface area contributed by atoms with E-state index in [9.17, 15) is 4.79 Å². The van der Waals surface area contributed by atoms with Crippen LogP contribution in [0.1, 0.15) is 47.8 Å². The van der Waals surface area contributed by atoms with Gasteiger partial charge in [-0.1, -0.05) is 102 Å². The molecule has 208 valence electrons. The van der Waals surface area contributed by atoms with Crippen LogP contribution in [0.4, 0.5) is 4.79 Å². The molecular formula is C34H36Cl2N2O2. The van der Waals surface area contributed by atoms with E-state index in [4.69, 9.17) is 28.3 Å². The Bertz CT molecular complexity index is 1430. The molecule has 1 heterocycles. The van der Waals surface area contributed by atoms with Crippen LogP contribution in [0.25, 0.3) is 10.8 Å². The summed E-state index contributed by atoms with van der Waals surface area (Å²) in [6.07, 6.45) is 2.95. The molecule has 6 heteroatoms. The molecule has 2 atom stereocenters. The monoisotopic (exact) mass is 574 g/mol. The number of halogens is 2. The first-order valence-electron chi connectivity index (χ1n) is 14.0. The van der Waals surface area contributed by atoms with Crippen molar-refractivity contribution in [3.05, 3.63) is 118 Å². The average molecular weight is 576 g/mol. The number of fused-ring (bicyclic) bond motifs is 1. The van der Waals surface area contributed by atoms with Gasteiger partial charge >= 0.3 is 6.09 Å². The molecule has 1 N–H and O–H groups in total.